The van der Waals surface area contributed by atoms with Gasteiger partial charge in [0.15, 0.2) is 0 Å². The predicted molar refractivity (Wildman–Crippen MR) is 75.8 cm³/mol. The minimum Gasteiger partial charge on any atom is -0.465 e. The highest BCUT2D eigenvalue weighted by molar-refractivity contribution is 6.04. The molecule has 5 heteroatoms. The van der Waals surface area contributed by atoms with E-state index >= 15 is 0 Å². The molecule has 2 rings (SSSR count). The first-order valence-corrected chi connectivity index (χ1v) is 6.26. The molecule has 0 aromatic carbocycles. The molecule has 0 spiro atoms. The van der Waals surface area contributed by atoms with Crippen LogP contribution in [0.1, 0.15) is 25.4 Å². The van der Waals surface area contributed by atoms with E-state index in [9.17, 15) is 9.59 Å². The van der Waals surface area contributed by atoms with Crippen molar-refractivity contribution >= 4 is 24.1 Å². The van der Waals surface area contributed by atoms with Gasteiger partial charge in [-0.1, -0.05) is 0 Å². The normalized spacial score (nSPS) is 12.3. The maximum absolute atomic E-state index is 11.8. The second kappa shape index (κ2) is 6.56. The van der Waals surface area contributed by atoms with Crippen LogP contribution in [0.3, 0.4) is 0 Å². The minimum absolute atomic E-state index is 0.268. The summed E-state index contributed by atoms with van der Waals surface area (Å²) < 4.78 is 14.9. The van der Waals surface area contributed by atoms with Crippen LogP contribution in [0.15, 0.2) is 56.8 Å². The van der Waals surface area contributed by atoms with Gasteiger partial charge < -0.3 is 13.6 Å². The van der Waals surface area contributed by atoms with Crippen LogP contribution in [-0.4, -0.2) is 11.9 Å². The molecule has 0 atom stereocenters. The van der Waals surface area contributed by atoms with Gasteiger partial charge in [0.1, 0.15) is 11.5 Å². The van der Waals surface area contributed by atoms with Crippen molar-refractivity contribution in [2.75, 3.05) is 0 Å². The van der Waals surface area contributed by atoms with Crippen LogP contribution in [0.25, 0.3) is 12.2 Å². The smallest absolute Gasteiger partial charge is 0.341 e. The first kappa shape index (κ1) is 14.6. The number of rotatable bonds is 4. The monoisotopic (exact) mass is 286 g/mol. The number of carbonyl (C=O) groups excluding carboxylic acids is 2. The van der Waals surface area contributed by atoms with E-state index in [1.54, 1.807) is 38.1 Å². The Hall–Kier alpha value is -2.82. The minimum atomic E-state index is -0.719. The maximum Gasteiger partial charge on any atom is 0.341 e. The highest BCUT2D eigenvalue weighted by atomic mass is 16.6. The average molecular weight is 286 g/mol. The summed E-state index contributed by atoms with van der Waals surface area (Å²) in [7, 11) is 0. The number of hydrogen-bond donors (Lipinski definition) is 0. The second-order valence-corrected chi connectivity index (χ2v) is 4.36. The van der Waals surface area contributed by atoms with Gasteiger partial charge in [-0.3, -0.25) is 0 Å². The zero-order chi connectivity index (χ0) is 15.2. The molecule has 0 aliphatic heterocycles. The Balaban J connectivity index is 2.00. The molecule has 5 nitrogen and oxygen atoms in total. The van der Waals surface area contributed by atoms with Crippen LogP contribution in [0.4, 0.5) is 0 Å². The van der Waals surface area contributed by atoms with Gasteiger partial charge in [-0.05, 0) is 50.3 Å². The fourth-order valence-electron chi connectivity index (χ4n) is 1.54. The SMILES string of the molecule is C/C(=C\c1ccco1)C(=O)OC(=O)/C(C)=C/c1ccco1. The Bertz CT molecular complexity index is 612. The van der Waals surface area contributed by atoms with Gasteiger partial charge in [0.2, 0.25) is 0 Å². The number of ether oxygens (including phenoxy) is 1. The van der Waals surface area contributed by atoms with Crippen LogP contribution in [0.5, 0.6) is 0 Å². The first-order chi connectivity index (χ1) is 10.1. The zero-order valence-corrected chi connectivity index (χ0v) is 11.7. The highest BCUT2D eigenvalue weighted by Gasteiger charge is 2.14. The largest absolute Gasteiger partial charge is 0.465 e. The fraction of sp³-hybridized carbons (Fsp3) is 0.125. The van der Waals surface area contributed by atoms with Gasteiger partial charge in [-0.15, -0.1) is 0 Å². The number of esters is 2. The highest BCUT2D eigenvalue weighted by Crippen LogP contribution is 2.11. The Morgan fingerprint density at radius 3 is 1.67 bits per heavy atom. The standard InChI is InChI=1S/C16H14O5/c1-11(9-13-5-3-7-19-13)15(17)21-16(18)12(2)10-14-6-4-8-20-14/h3-10H,1-2H3/b11-9+,12-10+. The van der Waals surface area contributed by atoms with Crippen LogP contribution in [0.2, 0.25) is 0 Å². The van der Waals surface area contributed by atoms with E-state index in [1.165, 1.54) is 24.7 Å². The fourth-order valence-corrected chi connectivity index (χ4v) is 1.54. The molecule has 0 fully saturated rings. The summed E-state index contributed by atoms with van der Waals surface area (Å²) in [4.78, 5) is 23.6. The molecular weight excluding hydrogens is 272 g/mol. The van der Waals surface area contributed by atoms with Crippen molar-refractivity contribution in [3.63, 3.8) is 0 Å². The van der Waals surface area contributed by atoms with Crippen molar-refractivity contribution in [1.29, 1.82) is 0 Å². The van der Waals surface area contributed by atoms with E-state index in [1.807, 2.05) is 0 Å². The summed E-state index contributed by atoms with van der Waals surface area (Å²) in [6.07, 6.45) is 5.99. The summed E-state index contributed by atoms with van der Waals surface area (Å²) in [6.45, 7) is 3.09. The summed E-state index contributed by atoms with van der Waals surface area (Å²) >= 11 is 0. The van der Waals surface area contributed by atoms with Crippen molar-refractivity contribution in [2.45, 2.75) is 13.8 Å². The van der Waals surface area contributed by atoms with E-state index in [-0.39, 0.29) is 11.1 Å². The Morgan fingerprint density at radius 2 is 1.33 bits per heavy atom. The van der Waals surface area contributed by atoms with Crippen molar-refractivity contribution < 1.29 is 23.2 Å². The molecular formula is C16H14O5. The molecule has 0 amide bonds. The third-order valence-electron chi connectivity index (χ3n) is 2.63. The topological polar surface area (TPSA) is 69.7 Å². The van der Waals surface area contributed by atoms with Crippen molar-refractivity contribution in [3.05, 3.63) is 59.5 Å². The molecule has 0 unspecified atom stereocenters. The molecule has 2 aromatic heterocycles. The lowest BCUT2D eigenvalue weighted by Gasteiger charge is -2.02. The molecule has 0 saturated carbocycles. The van der Waals surface area contributed by atoms with Gasteiger partial charge in [-0.2, -0.15) is 0 Å². The van der Waals surface area contributed by atoms with E-state index in [0.29, 0.717) is 11.5 Å². The van der Waals surface area contributed by atoms with Gasteiger partial charge in [0.25, 0.3) is 0 Å². The lowest BCUT2D eigenvalue weighted by Crippen LogP contribution is -2.13. The predicted octanol–water partition coefficient (Wildman–Crippen LogP) is 3.45. The molecule has 21 heavy (non-hydrogen) atoms. The second-order valence-electron chi connectivity index (χ2n) is 4.36. The van der Waals surface area contributed by atoms with Gasteiger partial charge in [-0.25, -0.2) is 9.59 Å². The zero-order valence-electron chi connectivity index (χ0n) is 11.7. The molecule has 0 aliphatic rings. The van der Waals surface area contributed by atoms with E-state index in [0.717, 1.165) is 0 Å². The molecule has 0 saturated heterocycles. The van der Waals surface area contributed by atoms with Crippen LogP contribution < -0.4 is 0 Å². The quantitative estimate of drug-likeness (QED) is 0.489. The summed E-state index contributed by atoms with van der Waals surface area (Å²) in [5, 5.41) is 0. The van der Waals surface area contributed by atoms with Crippen LogP contribution in [-0.2, 0) is 14.3 Å². The summed E-state index contributed by atoms with van der Waals surface area (Å²) in [5.74, 6) is -0.410. The van der Waals surface area contributed by atoms with Gasteiger partial charge >= 0.3 is 11.9 Å². The Kier molecular flexibility index (Phi) is 4.56. The molecule has 0 aliphatic carbocycles. The average Bonchev–Trinajstić information content (AvgIpc) is 3.11. The third-order valence-corrected chi connectivity index (χ3v) is 2.63. The molecule has 0 N–H and O–H groups in total. The summed E-state index contributed by atoms with van der Waals surface area (Å²) in [5.41, 5.74) is 0.535. The number of furan rings is 2. The molecule has 0 radical (unpaired) electrons. The van der Waals surface area contributed by atoms with Crippen molar-refractivity contribution in [1.82, 2.24) is 0 Å². The van der Waals surface area contributed by atoms with Gasteiger partial charge in [0, 0.05) is 11.1 Å². The van der Waals surface area contributed by atoms with Crippen molar-refractivity contribution in [3.8, 4) is 0 Å². The first-order valence-electron chi connectivity index (χ1n) is 6.26. The summed E-state index contributed by atoms with van der Waals surface area (Å²) in [6, 6.07) is 6.79. The van der Waals surface area contributed by atoms with E-state index < -0.39 is 11.9 Å². The molecule has 108 valence electrons. The van der Waals surface area contributed by atoms with E-state index in [4.69, 9.17) is 13.6 Å². The Morgan fingerprint density at radius 1 is 0.905 bits per heavy atom. The number of carbonyl (C=O) groups is 2. The molecule has 2 heterocycles. The lowest BCUT2D eigenvalue weighted by atomic mass is 10.2. The third kappa shape index (κ3) is 4.07. The molecule has 0 bridgehead atoms. The maximum atomic E-state index is 11.8. The number of hydrogen-bond acceptors (Lipinski definition) is 5. The van der Waals surface area contributed by atoms with E-state index in [2.05, 4.69) is 0 Å². The Labute approximate surface area is 121 Å². The van der Waals surface area contributed by atoms with Crippen LogP contribution >= 0.6 is 0 Å². The lowest BCUT2D eigenvalue weighted by molar-refractivity contribution is -0.153. The van der Waals surface area contributed by atoms with Crippen LogP contribution in [0, 0.1) is 0 Å². The molecule has 2 aromatic rings. The van der Waals surface area contributed by atoms with Gasteiger partial charge in [0.05, 0.1) is 12.5 Å². The van der Waals surface area contributed by atoms with Crippen molar-refractivity contribution in [2.24, 2.45) is 0 Å².